The summed E-state index contributed by atoms with van der Waals surface area (Å²) in [7, 11) is 0. The van der Waals surface area contributed by atoms with Crippen LogP contribution in [0.3, 0.4) is 0 Å². The lowest BCUT2D eigenvalue weighted by molar-refractivity contribution is 0.318. The van der Waals surface area contributed by atoms with Crippen LogP contribution < -0.4 is 15.2 Å². The largest absolute Gasteiger partial charge is 0.494 e. The standard InChI is InChI=1S/C26H33NO2S/c1-6-21(18-29-24-11-9-23(27)10-12-24)17-22(7-2)26-19(3)15-25(16-20(26)4)28-13-8-14-30-5/h6-7,9-12,15-17H,1,8,13-14,18,27H2,2-5H3/b21-17+,22-7+. The van der Waals surface area contributed by atoms with E-state index in [2.05, 4.69) is 57.9 Å². The maximum atomic E-state index is 5.94. The normalized spacial score (nSPS) is 12.0. The summed E-state index contributed by atoms with van der Waals surface area (Å²) in [6.45, 7) is 11.5. The Morgan fingerprint density at radius 2 is 1.73 bits per heavy atom. The molecule has 0 aliphatic rings. The topological polar surface area (TPSA) is 44.5 Å². The van der Waals surface area contributed by atoms with Gasteiger partial charge in [-0.15, -0.1) is 0 Å². The molecule has 0 aromatic heterocycles. The molecule has 0 aliphatic carbocycles. The van der Waals surface area contributed by atoms with E-state index in [0.717, 1.165) is 47.1 Å². The van der Waals surface area contributed by atoms with E-state index >= 15 is 0 Å². The molecule has 0 aliphatic heterocycles. The van der Waals surface area contributed by atoms with Gasteiger partial charge in [0.2, 0.25) is 0 Å². The molecule has 4 heteroatoms. The zero-order valence-corrected chi connectivity index (χ0v) is 19.4. The van der Waals surface area contributed by atoms with Gasteiger partial charge in [-0.05, 0) is 110 Å². The van der Waals surface area contributed by atoms with E-state index in [1.54, 1.807) is 0 Å². The summed E-state index contributed by atoms with van der Waals surface area (Å²) in [5, 5.41) is 0. The first-order chi connectivity index (χ1) is 14.5. The first-order valence-corrected chi connectivity index (χ1v) is 11.6. The van der Waals surface area contributed by atoms with Crippen molar-refractivity contribution in [3.05, 3.63) is 83.5 Å². The van der Waals surface area contributed by atoms with Crippen LogP contribution in [0.1, 0.15) is 30.0 Å². The predicted octanol–water partition coefficient (Wildman–Crippen LogP) is 6.61. The van der Waals surface area contributed by atoms with Crippen molar-refractivity contribution >= 4 is 23.0 Å². The molecular weight excluding hydrogens is 390 g/mol. The summed E-state index contributed by atoms with van der Waals surface area (Å²) < 4.78 is 11.8. The first kappa shape index (κ1) is 23.7. The Labute approximate surface area is 185 Å². The molecule has 30 heavy (non-hydrogen) atoms. The lowest BCUT2D eigenvalue weighted by Crippen LogP contribution is -2.02. The number of nitrogen functional groups attached to an aromatic ring is 1. The van der Waals surface area contributed by atoms with Crippen LogP contribution in [0.5, 0.6) is 11.5 Å². The number of thioether (sulfide) groups is 1. The molecule has 0 unspecified atom stereocenters. The Bertz CT molecular complexity index is 875. The van der Waals surface area contributed by atoms with E-state index in [0.29, 0.717) is 6.61 Å². The Balaban J connectivity index is 2.16. The number of allylic oxidation sites excluding steroid dienone is 3. The Hall–Kier alpha value is -2.59. The van der Waals surface area contributed by atoms with Crippen LogP contribution in [0, 0.1) is 13.8 Å². The second kappa shape index (κ2) is 12.2. The summed E-state index contributed by atoms with van der Waals surface area (Å²) in [5.41, 5.74) is 12.2. The molecule has 0 bridgehead atoms. The van der Waals surface area contributed by atoms with Crippen molar-refractivity contribution in [2.24, 2.45) is 0 Å². The van der Waals surface area contributed by atoms with Crippen molar-refractivity contribution in [1.82, 2.24) is 0 Å². The van der Waals surface area contributed by atoms with Crippen LogP contribution in [0.2, 0.25) is 0 Å². The van der Waals surface area contributed by atoms with Gasteiger partial charge in [0.1, 0.15) is 18.1 Å². The third-order valence-electron chi connectivity index (χ3n) is 4.76. The summed E-state index contributed by atoms with van der Waals surface area (Å²) in [5.74, 6) is 2.84. The Morgan fingerprint density at radius 1 is 1.07 bits per heavy atom. The number of anilines is 1. The van der Waals surface area contributed by atoms with E-state index in [-0.39, 0.29) is 0 Å². The molecule has 2 rings (SSSR count). The maximum absolute atomic E-state index is 5.94. The van der Waals surface area contributed by atoms with Gasteiger partial charge in [-0.2, -0.15) is 11.8 Å². The van der Waals surface area contributed by atoms with Crippen molar-refractivity contribution in [2.75, 3.05) is 31.0 Å². The number of hydrogen-bond donors (Lipinski definition) is 1. The van der Waals surface area contributed by atoms with E-state index in [1.165, 1.54) is 16.7 Å². The molecule has 0 saturated carbocycles. The van der Waals surface area contributed by atoms with Crippen LogP contribution in [-0.4, -0.2) is 25.2 Å². The van der Waals surface area contributed by atoms with Gasteiger partial charge in [0.25, 0.3) is 0 Å². The van der Waals surface area contributed by atoms with Crippen LogP contribution in [0.15, 0.2) is 66.8 Å². The van der Waals surface area contributed by atoms with Gasteiger partial charge in [-0.1, -0.05) is 18.7 Å². The fourth-order valence-corrected chi connectivity index (χ4v) is 3.65. The number of benzene rings is 2. The molecule has 3 nitrogen and oxygen atoms in total. The van der Waals surface area contributed by atoms with Crippen LogP contribution in [-0.2, 0) is 0 Å². The minimum Gasteiger partial charge on any atom is -0.494 e. The second-order valence-electron chi connectivity index (χ2n) is 7.15. The molecule has 160 valence electrons. The zero-order valence-electron chi connectivity index (χ0n) is 18.5. The monoisotopic (exact) mass is 423 g/mol. The predicted molar refractivity (Wildman–Crippen MR) is 133 cm³/mol. The molecule has 2 N–H and O–H groups in total. The third-order valence-corrected chi connectivity index (χ3v) is 5.45. The second-order valence-corrected chi connectivity index (χ2v) is 8.14. The zero-order chi connectivity index (χ0) is 21.9. The molecule has 2 aromatic carbocycles. The Morgan fingerprint density at radius 3 is 2.30 bits per heavy atom. The molecular formula is C26H33NO2S. The van der Waals surface area contributed by atoms with Crippen molar-refractivity contribution in [2.45, 2.75) is 27.2 Å². The third kappa shape index (κ3) is 7.03. The van der Waals surface area contributed by atoms with Crippen LogP contribution >= 0.6 is 11.8 Å². The summed E-state index contributed by atoms with van der Waals surface area (Å²) in [6, 6.07) is 11.7. The molecule has 0 amide bonds. The van der Waals surface area contributed by atoms with Crippen molar-refractivity contribution < 1.29 is 9.47 Å². The molecule has 0 radical (unpaired) electrons. The van der Waals surface area contributed by atoms with E-state index < -0.39 is 0 Å². The smallest absolute Gasteiger partial charge is 0.119 e. The molecule has 0 heterocycles. The fraction of sp³-hybridized carbons (Fsp3) is 0.308. The number of rotatable bonds is 11. The fourth-order valence-electron chi connectivity index (χ4n) is 3.25. The molecule has 0 fully saturated rings. The van der Waals surface area contributed by atoms with Gasteiger partial charge in [-0.3, -0.25) is 0 Å². The minimum atomic E-state index is 0.444. The lowest BCUT2D eigenvalue weighted by Gasteiger charge is -2.15. The van der Waals surface area contributed by atoms with Crippen molar-refractivity contribution in [3.8, 4) is 11.5 Å². The highest BCUT2D eigenvalue weighted by Gasteiger charge is 2.10. The van der Waals surface area contributed by atoms with Gasteiger partial charge < -0.3 is 15.2 Å². The van der Waals surface area contributed by atoms with Crippen LogP contribution in [0.25, 0.3) is 5.57 Å². The lowest BCUT2D eigenvalue weighted by atomic mass is 9.93. The first-order valence-electron chi connectivity index (χ1n) is 10.2. The minimum absolute atomic E-state index is 0.444. The molecule has 0 spiro atoms. The summed E-state index contributed by atoms with van der Waals surface area (Å²) in [6.07, 6.45) is 9.28. The maximum Gasteiger partial charge on any atom is 0.119 e. The highest BCUT2D eigenvalue weighted by molar-refractivity contribution is 7.98. The SMILES string of the molecule is C=C/C(=C\C(=C/C)c1c(C)cc(OCCCSC)cc1C)COc1ccc(N)cc1. The quantitative estimate of drug-likeness (QED) is 0.251. The van der Waals surface area contributed by atoms with Gasteiger partial charge in [0.05, 0.1) is 6.61 Å². The molecule has 2 aromatic rings. The average Bonchev–Trinajstić information content (AvgIpc) is 2.73. The summed E-state index contributed by atoms with van der Waals surface area (Å²) >= 11 is 1.85. The highest BCUT2D eigenvalue weighted by atomic mass is 32.2. The summed E-state index contributed by atoms with van der Waals surface area (Å²) in [4.78, 5) is 0. The molecule has 0 saturated heterocycles. The van der Waals surface area contributed by atoms with E-state index in [4.69, 9.17) is 15.2 Å². The average molecular weight is 424 g/mol. The number of ether oxygens (including phenoxy) is 2. The van der Waals surface area contributed by atoms with Gasteiger partial charge in [-0.25, -0.2) is 0 Å². The van der Waals surface area contributed by atoms with Gasteiger partial charge >= 0.3 is 0 Å². The van der Waals surface area contributed by atoms with Crippen molar-refractivity contribution in [3.63, 3.8) is 0 Å². The van der Waals surface area contributed by atoms with Gasteiger partial charge in [0.15, 0.2) is 0 Å². The highest BCUT2D eigenvalue weighted by Crippen LogP contribution is 2.29. The number of hydrogen-bond acceptors (Lipinski definition) is 4. The number of aryl methyl sites for hydroxylation is 2. The van der Waals surface area contributed by atoms with E-state index in [9.17, 15) is 0 Å². The van der Waals surface area contributed by atoms with Crippen LogP contribution in [0.4, 0.5) is 5.69 Å². The molecule has 0 atom stereocenters. The number of nitrogens with two attached hydrogens (primary N) is 1. The van der Waals surface area contributed by atoms with Crippen molar-refractivity contribution in [1.29, 1.82) is 0 Å². The van der Waals surface area contributed by atoms with Gasteiger partial charge in [0, 0.05) is 5.69 Å². The Kier molecular flexibility index (Phi) is 9.62. The van der Waals surface area contributed by atoms with E-state index in [1.807, 2.05) is 42.1 Å².